The van der Waals surface area contributed by atoms with E-state index in [1.165, 1.54) is 25.7 Å². The summed E-state index contributed by atoms with van der Waals surface area (Å²) >= 11 is 6.13. The van der Waals surface area contributed by atoms with Crippen LogP contribution in [0.2, 0.25) is 0 Å². The minimum Gasteiger partial charge on any atom is -0.500 e. The summed E-state index contributed by atoms with van der Waals surface area (Å²) in [4.78, 5) is 0. The van der Waals surface area contributed by atoms with Crippen LogP contribution in [0.25, 0.3) is 0 Å². The normalized spacial score (nSPS) is 27.2. The van der Waals surface area contributed by atoms with E-state index in [9.17, 15) is 0 Å². The Hall–Kier alpha value is -0.170. The summed E-state index contributed by atoms with van der Waals surface area (Å²) in [5.74, 6) is 1.02. The molecule has 0 N–H and O–H groups in total. The lowest BCUT2D eigenvalue weighted by atomic mass is 9.62. The van der Waals surface area contributed by atoms with Gasteiger partial charge in [0.15, 0.2) is 0 Å². The number of methoxy groups -OCH3 is 1. The molecule has 0 heterocycles. The Morgan fingerprint density at radius 1 is 1.33 bits per heavy atom. The molecule has 12 heavy (non-hydrogen) atoms. The fraction of sp³-hybridized carbons (Fsp3) is 0.800. The lowest BCUT2D eigenvalue weighted by molar-refractivity contribution is 0.0977. The van der Waals surface area contributed by atoms with Gasteiger partial charge in [0.2, 0.25) is 0 Å². The minimum absolute atomic E-state index is 0.582. The van der Waals surface area contributed by atoms with Gasteiger partial charge in [0.25, 0.3) is 0 Å². The van der Waals surface area contributed by atoms with E-state index in [0.29, 0.717) is 5.41 Å². The van der Waals surface area contributed by atoms with Crippen LogP contribution in [0.4, 0.5) is 0 Å². The summed E-state index contributed by atoms with van der Waals surface area (Å²) in [5, 5.41) is 0.975. The third-order valence-electron chi connectivity index (χ3n) is 3.38. The van der Waals surface area contributed by atoms with E-state index >= 15 is 0 Å². The van der Waals surface area contributed by atoms with E-state index in [0.717, 1.165) is 23.6 Å². The monoisotopic (exact) mass is 186 g/mol. The molecule has 0 aromatic rings. The average molecular weight is 187 g/mol. The Labute approximate surface area is 78.7 Å². The number of rotatable bonds is 1. The van der Waals surface area contributed by atoms with Crippen molar-refractivity contribution in [2.45, 2.75) is 38.5 Å². The molecule has 1 spiro atoms. The van der Waals surface area contributed by atoms with Crippen LogP contribution in [-0.4, -0.2) is 7.11 Å². The molecule has 0 amide bonds. The Bertz CT molecular complexity index is 216. The molecule has 0 aromatic heterocycles. The lowest BCUT2D eigenvalue weighted by Gasteiger charge is -2.44. The highest BCUT2D eigenvalue weighted by Crippen LogP contribution is 2.53. The van der Waals surface area contributed by atoms with Crippen LogP contribution < -0.4 is 0 Å². The Morgan fingerprint density at radius 3 is 2.50 bits per heavy atom. The third-order valence-corrected chi connectivity index (χ3v) is 3.72. The van der Waals surface area contributed by atoms with Crippen molar-refractivity contribution >= 4 is 11.6 Å². The highest BCUT2D eigenvalue weighted by Gasteiger charge is 2.40. The molecule has 1 saturated carbocycles. The fourth-order valence-corrected chi connectivity index (χ4v) is 2.80. The summed E-state index contributed by atoms with van der Waals surface area (Å²) < 4.78 is 5.21. The van der Waals surface area contributed by atoms with E-state index in [1.807, 2.05) is 0 Å². The second-order valence-electron chi connectivity index (χ2n) is 4.06. The average Bonchev–Trinajstić information content (AvgIpc) is 2.01. The Kier molecular flexibility index (Phi) is 2.07. The fourth-order valence-electron chi connectivity index (χ4n) is 2.35. The van der Waals surface area contributed by atoms with Gasteiger partial charge in [-0.2, -0.15) is 0 Å². The molecule has 2 aliphatic carbocycles. The molecule has 68 valence electrons. The first-order valence-electron chi connectivity index (χ1n) is 4.67. The lowest BCUT2D eigenvalue weighted by Crippen LogP contribution is -2.32. The maximum atomic E-state index is 6.13. The SMILES string of the molecule is COC1=C(Cl)CC2(CCC2)CC1. The van der Waals surface area contributed by atoms with E-state index in [1.54, 1.807) is 7.11 Å². The summed E-state index contributed by atoms with van der Waals surface area (Å²) in [6.45, 7) is 0. The van der Waals surface area contributed by atoms with Gasteiger partial charge in [-0.15, -0.1) is 0 Å². The van der Waals surface area contributed by atoms with Gasteiger partial charge in [0.1, 0.15) is 5.76 Å². The summed E-state index contributed by atoms with van der Waals surface area (Å²) in [6.07, 6.45) is 7.55. The molecule has 0 radical (unpaired) electrons. The largest absolute Gasteiger partial charge is 0.500 e. The van der Waals surface area contributed by atoms with E-state index in [4.69, 9.17) is 16.3 Å². The van der Waals surface area contributed by atoms with Crippen LogP contribution in [0.1, 0.15) is 38.5 Å². The summed E-state index contributed by atoms with van der Waals surface area (Å²) in [7, 11) is 1.72. The van der Waals surface area contributed by atoms with Crippen molar-refractivity contribution in [3.8, 4) is 0 Å². The molecule has 0 atom stereocenters. The van der Waals surface area contributed by atoms with Gasteiger partial charge < -0.3 is 4.74 Å². The second-order valence-corrected chi connectivity index (χ2v) is 4.52. The van der Waals surface area contributed by atoms with Crippen molar-refractivity contribution < 1.29 is 4.74 Å². The topological polar surface area (TPSA) is 9.23 Å². The van der Waals surface area contributed by atoms with Crippen molar-refractivity contribution in [1.82, 2.24) is 0 Å². The highest BCUT2D eigenvalue weighted by atomic mass is 35.5. The first kappa shape index (κ1) is 8.43. The zero-order valence-corrected chi connectivity index (χ0v) is 8.28. The zero-order chi connectivity index (χ0) is 8.60. The molecule has 2 heteroatoms. The van der Waals surface area contributed by atoms with Crippen molar-refractivity contribution in [1.29, 1.82) is 0 Å². The van der Waals surface area contributed by atoms with Crippen LogP contribution in [0.5, 0.6) is 0 Å². The van der Waals surface area contributed by atoms with Gasteiger partial charge in [0, 0.05) is 6.42 Å². The highest BCUT2D eigenvalue weighted by molar-refractivity contribution is 6.29. The van der Waals surface area contributed by atoms with Crippen molar-refractivity contribution in [2.75, 3.05) is 7.11 Å². The van der Waals surface area contributed by atoms with Gasteiger partial charge in [-0.25, -0.2) is 0 Å². The minimum atomic E-state index is 0.582. The zero-order valence-electron chi connectivity index (χ0n) is 7.53. The van der Waals surface area contributed by atoms with Crippen LogP contribution in [0.15, 0.2) is 10.8 Å². The Balaban J connectivity index is 2.09. The third kappa shape index (κ3) is 1.24. The molecule has 0 aromatic carbocycles. The Morgan fingerprint density at radius 2 is 2.08 bits per heavy atom. The maximum absolute atomic E-state index is 6.13. The number of hydrogen-bond donors (Lipinski definition) is 0. The summed E-state index contributed by atoms with van der Waals surface area (Å²) in [6, 6.07) is 0. The molecule has 1 fully saturated rings. The summed E-state index contributed by atoms with van der Waals surface area (Å²) in [5.41, 5.74) is 0.582. The smallest absolute Gasteiger partial charge is 0.110 e. The van der Waals surface area contributed by atoms with Crippen LogP contribution >= 0.6 is 11.6 Å². The molecule has 0 bridgehead atoms. The molecule has 2 aliphatic rings. The van der Waals surface area contributed by atoms with Gasteiger partial charge in [-0.3, -0.25) is 0 Å². The molecule has 2 rings (SSSR count). The maximum Gasteiger partial charge on any atom is 0.110 e. The van der Waals surface area contributed by atoms with Crippen molar-refractivity contribution in [3.05, 3.63) is 10.8 Å². The number of hydrogen-bond acceptors (Lipinski definition) is 1. The number of halogens is 1. The molecular formula is C10H15ClO. The quantitative estimate of drug-likeness (QED) is 0.610. The molecule has 0 unspecified atom stereocenters. The van der Waals surface area contributed by atoms with Crippen molar-refractivity contribution in [2.24, 2.45) is 5.41 Å². The van der Waals surface area contributed by atoms with E-state index < -0.39 is 0 Å². The molecular weight excluding hydrogens is 172 g/mol. The van der Waals surface area contributed by atoms with Gasteiger partial charge >= 0.3 is 0 Å². The predicted molar refractivity (Wildman–Crippen MR) is 50.0 cm³/mol. The predicted octanol–water partition coefficient (Wildman–Crippen LogP) is 3.44. The molecule has 0 aliphatic heterocycles. The van der Waals surface area contributed by atoms with Gasteiger partial charge in [-0.1, -0.05) is 18.0 Å². The van der Waals surface area contributed by atoms with E-state index in [-0.39, 0.29) is 0 Å². The molecule has 1 nitrogen and oxygen atoms in total. The van der Waals surface area contributed by atoms with Crippen LogP contribution in [0, 0.1) is 5.41 Å². The number of ether oxygens (including phenoxy) is 1. The van der Waals surface area contributed by atoms with Gasteiger partial charge in [0.05, 0.1) is 12.1 Å². The first-order chi connectivity index (χ1) is 5.76. The van der Waals surface area contributed by atoms with E-state index in [2.05, 4.69) is 0 Å². The van der Waals surface area contributed by atoms with Gasteiger partial charge in [-0.05, 0) is 31.1 Å². The standard InChI is InChI=1S/C10H15ClO/c1-12-9-3-6-10(4-2-5-10)7-8(9)11/h2-7H2,1H3. The second kappa shape index (κ2) is 2.95. The van der Waals surface area contributed by atoms with Crippen LogP contribution in [0.3, 0.4) is 0 Å². The molecule has 0 saturated heterocycles. The van der Waals surface area contributed by atoms with Crippen LogP contribution in [-0.2, 0) is 4.74 Å². The first-order valence-corrected chi connectivity index (χ1v) is 5.05. The number of allylic oxidation sites excluding steroid dienone is 2. The van der Waals surface area contributed by atoms with Crippen molar-refractivity contribution in [3.63, 3.8) is 0 Å².